The zero-order valence-corrected chi connectivity index (χ0v) is 10.5. The van der Waals surface area contributed by atoms with Crippen LogP contribution in [0.25, 0.3) is 0 Å². The van der Waals surface area contributed by atoms with Gasteiger partial charge in [-0.25, -0.2) is 4.79 Å². The van der Waals surface area contributed by atoms with E-state index in [0.29, 0.717) is 12.5 Å². The molecule has 0 aliphatic carbocycles. The van der Waals surface area contributed by atoms with E-state index in [1.54, 1.807) is 0 Å². The van der Waals surface area contributed by atoms with E-state index in [2.05, 4.69) is 19.2 Å². The fraction of sp³-hybridized carbons (Fsp3) is 0.917. The van der Waals surface area contributed by atoms with Gasteiger partial charge in [0.05, 0.1) is 12.2 Å². The van der Waals surface area contributed by atoms with Crippen LogP contribution in [0.4, 0.5) is 0 Å². The average molecular weight is 229 g/mol. The highest BCUT2D eigenvalue weighted by atomic mass is 16.6. The van der Waals surface area contributed by atoms with Crippen molar-refractivity contribution < 1.29 is 14.3 Å². The number of carbonyl (C=O) groups excluding carboxylic acids is 1. The Kier molecular flexibility index (Phi) is 5.22. The maximum atomic E-state index is 11.3. The molecule has 0 unspecified atom stereocenters. The zero-order valence-electron chi connectivity index (χ0n) is 10.5. The van der Waals surface area contributed by atoms with Crippen molar-refractivity contribution in [1.29, 1.82) is 0 Å². The summed E-state index contributed by atoms with van der Waals surface area (Å²) in [5.74, 6) is 0.409. The van der Waals surface area contributed by atoms with Crippen molar-refractivity contribution in [1.82, 2.24) is 5.32 Å². The summed E-state index contributed by atoms with van der Waals surface area (Å²) >= 11 is 0. The zero-order chi connectivity index (χ0) is 12.0. The maximum absolute atomic E-state index is 11.3. The minimum atomic E-state index is -0.253. The Labute approximate surface area is 97.7 Å². The summed E-state index contributed by atoms with van der Waals surface area (Å²) < 4.78 is 10.5. The van der Waals surface area contributed by atoms with Gasteiger partial charge in [-0.1, -0.05) is 13.8 Å². The molecule has 94 valence electrons. The molecule has 1 heterocycles. The van der Waals surface area contributed by atoms with Crippen molar-refractivity contribution >= 4 is 5.97 Å². The summed E-state index contributed by atoms with van der Waals surface area (Å²) in [7, 11) is 0. The van der Waals surface area contributed by atoms with Crippen molar-refractivity contribution in [3.05, 3.63) is 0 Å². The summed E-state index contributed by atoms with van der Waals surface area (Å²) in [6.45, 7) is 8.52. The van der Waals surface area contributed by atoms with Gasteiger partial charge in [-0.3, -0.25) is 0 Å². The molecule has 0 spiro atoms. The Morgan fingerprint density at radius 1 is 1.44 bits per heavy atom. The van der Waals surface area contributed by atoms with Gasteiger partial charge in [0.15, 0.2) is 0 Å². The lowest BCUT2D eigenvalue weighted by molar-refractivity contribution is -0.158. The summed E-state index contributed by atoms with van der Waals surface area (Å²) in [4.78, 5) is 11.3. The summed E-state index contributed by atoms with van der Waals surface area (Å²) in [6, 6.07) is 0. The van der Waals surface area contributed by atoms with Crippen molar-refractivity contribution in [3.8, 4) is 0 Å². The van der Waals surface area contributed by atoms with Crippen LogP contribution in [0.2, 0.25) is 0 Å². The third-order valence-electron chi connectivity index (χ3n) is 2.73. The Morgan fingerprint density at radius 3 is 2.62 bits per heavy atom. The molecule has 16 heavy (non-hydrogen) atoms. The molecule has 0 aromatic rings. The number of hydrogen-bond acceptors (Lipinski definition) is 4. The molecular weight excluding hydrogens is 206 g/mol. The van der Waals surface area contributed by atoms with Crippen LogP contribution in [-0.4, -0.2) is 37.9 Å². The second-order valence-electron chi connectivity index (χ2n) is 5.10. The summed E-state index contributed by atoms with van der Waals surface area (Å²) in [5.41, 5.74) is -0.170. The SMILES string of the molecule is CC(C)CCCOC(=O)COC1(C)CNC1. The number of esters is 1. The van der Waals surface area contributed by atoms with E-state index in [1.807, 2.05) is 6.92 Å². The molecule has 4 heteroatoms. The molecule has 1 saturated heterocycles. The minimum Gasteiger partial charge on any atom is -0.464 e. The van der Waals surface area contributed by atoms with Crippen molar-refractivity contribution in [2.75, 3.05) is 26.3 Å². The fourth-order valence-corrected chi connectivity index (χ4v) is 1.53. The number of nitrogens with one attached hydrogen (secondary N) is 1. The first-order valence-electron chi connectivity index (χ1n) is 6.02. The molecule has 0 bridgehead atoms. The number of carbonyl (C=O) groups is 1. The molecule has 1 aliphatic heterocycles. The molecule has 0 saturated carbocycles. The summed E-state index contributed by atoms with van der Waals surface area (Å²) in [5, 5.41) is 3.11. The van der Waals surface area contributed by atoms with Gasteiger partial charge in [0.2, 0.25) is 0 Å². The third-order valence-corrected chi connectivity index (χ3v) is 2.73. The van der Waals surface area contributed by atoms with Crippen LogP contribution >= 0.6 is 0 Å². The van der Waals surface area contributed by atoms with Crippen molar-refractivity contribution in [2.45, 2.75) is 39.2 Å². The number of rotatable bonds is 7. The second-order valence-corrected chi connectivity index (χ2v) is 5.10. The number of ether oxygens (including phenoxy) is 2. The van der Waals surface area contributed by atoms with Gasteiger partial charge in [0, 0.05) is 13.1 Å². The van der Waals surface area contributed by atoms with Crippen LogP contribution in [0.15, 0.2) is 0 Å². The Morgan fingerprint density at radius 2 is 2.12 bits per heavy atom. The predicted octanol–water partition coefficient (Wildman–Crippen LogP) is 1.34. The Balaban J connectivity index is 1.98. The quantitative estimate of drug-likeness (QED) is 0.529. The van der Waals surface area contributed by atoms with E-state index in [-0.39, 0.29) is 18.2 Å². The van der Waals surface area contributed by atoms with E-state index in [1.165, 1.54) is 0 Å². The Bertz CT molecular complexity index is 224. The van der Waals surface area contributed by atoms with E-state index in [9.17, 15) is 4.79 Å². The van der Waals surface area contributed by atoms with E-state index >= 15 is 0 Å². The molecule has 1 aliphatic rings. The molecule has 0 aromatic heterocycles. The molecule has 0 amide bonds. The lowest BCUT2D eigenvalue weighted by atomic mass is 10.0. The highest BCUT2D eigenvalue weighted by molar-refractivity contribution is 5.70. The molecular formula is C12H23NO3. The van der Waals surface area contributed by atoms with Gasteiger partial charge in [-0.05, 0) is 25.7 Å². The molecule has 4 nitrogen and oxygen atoms in total. The Hall–Kier alpha value is -0.610. The normalized spacial score (nSPS) is 18.2. The van der Waals surface area contributed by atoms with Crippen LogP contribution in [0, 0.1) is 5.92 Å². The maximum Gasteiger partial charge on any atom is 0.332 e. The summed E-state index contributed by atoms with van der Waals surface area (Å²) in [6.07, 6.45) is 2.03. The molecule has 0 radical (unpaired) electrons. The lowest BCUT2D eigenvalue weighted by Crippen LogP contribution is -2.59. The first-order valence-corrected chi connectivity index (χ1v) is 6.02. The van der Waals surface area contributed by atoms with Gasteiger partial charge in [0.25, 0.3) is 0 Å². The highest BCUT2D eigenvalue weighted by Gasteiger charge is 2.33. The van der Waals surface area contributed by atoms with Crippen LogP contribution in [0.3, 0.4) is 0 Å². The standard InChI is InChI=1S/C12H23NO3/c1-10(2)5-4-6-15-11(14)7-16-12(3)8-13-9-12/h10,13H,4-9H2,1-3H3. The third kappa shape index (κ3) is 4.94. The van der Waals surface area contributed by atoms with Crippen molar-refractivity contribution in [2.24, 2.45) is 5.92 Å². The fourth-order valence-electron chi connectivity index (χ4n) is 1.53. The van der Waals surface area contributed by atoms with Gasteiger partial charge >= 0.3 is 5.97 Å². The van der Waals surface area contributed by atoms with Gasteiger partial charge in [0.1, 0.15) is 6.61 Å². The van der Waals surface area contributed by atoms with E-state index in [4.69, 9.17) is 9.47 Å². The van der Waals surface area contributed by atoms with E-state index in [0.717, 1.165) is 25.9 Å². The van der Waals surface area contributed by atoms with Crippen LogP contribution < -0.4 is 5.32 Å². The topological polar surface area (TPSA) is 47.6 Å². The first-order chi connectivity index (χ1) is 7.52. The highest BCUT2D eigenvalue weighted by Crippen LogP contribution is 2.14. The molecule has 1 rings (SSSR count). The van der Waals surface area contributed by atoms with Crippen LogP contribution in [0.1, 0.15) is 33.6 Å². The molecule has 1 fully saturated rings. The molecule has 1 N–H and O–H groups in total. The molecule has 0 atom stereocenters. The van der Waals surface area contributed by atoms with Crippen LogP contribution in [0.5, 0.6) is 0 Å². The smallest absolute Gasteiger partial charge is 0.332 e. The largest absolute Gasteiger partial charge is 0.464 e. The second kappa shape index (κ2) is 6.21. The monoisotopic (exact) mass is 229 g/mol. The van der Waals surface area contributed by atoms with Gasteiger partial charge < -0.3 is 14.8 Å². The lowest BCUT2D eigenvalue weighted by Gasteiger charge is -2.38. The van der Waals surface area contributed by atoms with Gasteiger partial charge in [-0.2, -0.15) is 0 Å². The number of hydrogen-bond donors (Lipinski definition) is 1. The molecule has 0 aromatic carbocycles. The first kappa shape index (κ1) is 13.5. The van der Waals surface area contributed by atoms with E-state index < -0.39 is 0 Å². The average Bonchev–Trinajstić information content (AvgIpc) is 2.18. The van der Waals surface area contributed by atoms with Crippen molar-refractivity contribution in [3.63, 3.8) is 0 Å². The van der Waals surface area contributed by atoms with Crippen LogP contribution in [-0.2, 0) is 14.3 Å². The van der Waals surface area contributed by atoms with Gasteiger partial charge in [-0.15, -0.1) is 0 Å². The predicted molar refractivity (Wildman–Crippen MR) is 62.3 cm³/mol. The minimum absolute atomic E-state index is 0.0693.